The van der Waals surface area contributed by atoms with E-state index >= 15 is 0 Å². The number of hydrogen-bond acceptors (Lipinski definition) is 5. The van der Waals surface area contributed by atoms with Crippen molar-refractivity contribution in [1.29, 1.82) is 0 Å². The van der Waals surface area contributed by atoms with Crippen LogP contribution in [0.5, 0.6) is 0 Å². The summed E-state index contributed by atoms with van der Waals surface area (Å²) in [7, 11) is 0. The smallest absolute Gasteiger partial charge is 0.324 e. The fourth-order valence-electron chi connectivity index (χ4n) is 3.37. The Morgan fingerprint density at radius 2 is 2.17 bits per heavy atom. The average Bonchev–Trinajstić information content (AvgIpc) is 3.22. The van der Waals surface area contributed by atoms with E-state index in [0.29, 0.717) is 11.9 Å². The van der Waals surface area contributed by atoms with E-state index in [0.717, 1.165) is 58.0 Å². The van der Waals surface area contributed by atoms with E-state index in [-0.39, 0.29) is 6.03 Å². The molecule has 2 amide bonds. The lowest BCUT2D eigenvalue weighted by Crippen LogP contribution is -2.40. The number of amides is 2. The first-order valence-corrected chi connectivity index (χ1v) is 8.45. The summed E-state index contributed by atoms with van der Waals surface area (Å²) in [6.07, 6.45) is 2.86. The first kappa shape index (κ1) is 15.3. The number of morpholine rings is 1. The van der Waals surface area contributed by atoms with Crippen molar-refractivity contribution >= 4 is 17.6 Å². The summed E-state index contributed by atoms with van der Waals surface area (Å²) in [5, 5.41) is 7.07. The highest BCUT2D eigenvalue weighted by molar-refractivity contribution is 5.87. The maximum atomic E-state index is 12.4. The highest BCUT2D eigenvalue weighted by Gasteiger charge is 2.28. The Hall–Kier alpha value is -2.19. The zero-order chi connectivity index (χ0) is 16.4. The lowest BCUT2D eigenvalue weighted by Gasteiger charge is -2.28. The molecule has 128 valence electrons. The zero-order valence-corrected chi connectivity index (χ0v) is 13.6. The highest BCUT2D eigenvalue weighted by Crippen LogP contribution is 2.19. The number of nitrogens with zero attached hydrogens (tertiary/aromatic N) is 5. The van der Waals surface area contributed by atoms with Crippen LogP contribution in [0.4, 0.5) is 10.7 Å². The van der Waals surface area contributed by atoms with Crippen LogP contribution in [-0.4, -0.2) is 76.4 Å². The normalized spacial score (nSPS) is 22.2. The van der Waals surface area contributed by atoms with Crippen LogP contribution in [-0.2, 0) is 4.74 Å². The summed E-state index contributed by atoms with van der Waals surface area (Å²) in [5.41, 5.74) is 0.722. The minimum Gasteiger partial charge on any atom is -0.379 e. The van der Waals surface area contributed by atoms with Crippen LogP contribution in [0.15, 0.2) is 24.4 Å². The Morgan fingerprint density at radius 3 is 3.00 bits per heavy atom. The molecule has 0 aromatic carbocycles. The Balaban J connectivity index is 1.32. The maximum Gasteiger partial charge on any atom is 0.324 e. The van der Waals surface area contributed by atoms with Gasteiger partial charge in [-0.05, 0) is 24.5 Å². The molecule has 0 aliphatic carbocycles. The van der Waals surface area contributed by atoms with Crippen molar-refractivity contribution in [3.63, 3.8) is 0 Å². The van der Waals surface area contributed by atoms with Crippen LogP contribution in [0.2, 0.25) is 0 Å². The molecule has 8 nitrogen and oxygen atoms in total. The van der Waals surface area contributed by atoms with Gasteiger partial charge in [0.15, 0.2) is 5.65 Å². The Morgan fingerprint density at radius 1 is 1.29 bits per heavy atom. The monoisotopic (exact) mass is 330 g/mol. The molecule has 2 aromatic heterocycles. The van der Waals surface area contributed by atoms with Gasteiger partial charge in [-0.3, -0.25) is 10.2 Å². The van der Waals surface area contributed by atoms with Crippen molar-refractivity contribution in [3.8, 4) is 0 Å². The third-order valence-electron chi connectivity index (χ3n) is 4.65. The van der Waals surface area contributed by atoms with Crippen molar-refractivity contribution in [3.05, 3.63) is 24.4 Å². The first-order chi connectivity index (χ1) is 11.8. The van der Waals surface area contributed by atoms with Crippen LogP contribution >= 0.6 is 0 Å². The lowest BCUT2D eigenvalue weighted by molar-refractivity contribution is 0.0314. The summed E-state index contributed by atoms with van der Waals surface area (Å²) in [6, 6.07) is 5.52. The van der Waals surface area contributed by atoms with E-state index < -0.39 is 0 Å². The SMILES string of the molecule is O=C(Nc1nc2ccccn2n1)N1CC[C@H](CN2CCOCC2)C1. The number of carbonyl (C=O) groups excluding carboxylic acids is 1. The number of rotatable bonds is 3. The van der Waals surface area contributed by atoms with Crippen LogP contribution in [0, 0.1) is 5.92 Å². The summed E-state index contributed by atoms with van der Waals surface area (Å²) in [4.78, 5) is 21.0. The number of anilines is 1. The second-order valence-electron chi connectivity index (χ2n) is 6.38. The largest absolute Gasteiger partial charge is 0.379 e. The number of likely N-dealkylation sites (tertiary alicyclic amines) is 1. The van der Waals surface area contributed by atoms with Gasteiger partial charge < -0.3 is 9.64 Å². The third kappa shape index (κ3) is 3.34. The van der Waals surface area contributed by atoms with Crippen LogP contribution < -0.4 is 5.32 Å². The molecule has 2 aliphatic rings. The molecule has 24 heavy (non-hydrogen) atoms. The molecule has 0 unspecified atom stereocenters. The van der Waals surface area contributed by atoms with Gasteiger partial charge in [0, 0.05) is 38.9 Å². The van der Waals surface area contributed by atoms with Crippen molar-refractivity contribution in [1.82, 2.24) is 24.4 Å². The molecule has 1 atom stereocenters. The van der Waals surface area contributed by atoms with E-state index in [9.17, 15) is 4.79 Å². The molecule has 2 aromatic rings. The molecular formula is C16H22N6O2. The molecule has 0 bridgehead atoms. The van der Waals surface area contributed by atoms with Crippen molar-refractivity contribution in [2.75, 3.05) is 51.3 Å². The van der Waals surface area contributed by atoms with Crippen LogP contribution in [0.1, 0.15) is 6.42 Å². The second kappa shape index (κ2) is 6.74. The molecule has 0 radical (unpaired) electrons. The van der Waals surface area contributed by atoms with Gasteiger partial charge in [0.05, 0.1) is 13.2 Å². The Bertz CT molecular complexity index is 678. The van der Waals surface area contributed by atoms with Crippen LogP contribution in [0.25, 0.3) is 5.65 Å². The molecule has 8 heteroatoms. The molecule has 2 fully saturated rings. The fraction of sp³-hybridized carbons (Fsp3) is 0.562. The Labute approximate surface area is 140 Å². The lowest BCUT2D eigenvalue weighted by atomic mass is 10.1. The van der Waals surface area contributed by atoms with Gasteiger partial charge in [-0.1, -0.05) is 6.07 Å². The molecule has 2 saturated heterocycles. The molecule has 0 spiro atoms. The number of ether oxygens (including phenoxy) is 1. The first-order valence-electron chi connectivity index (χ1n) is 8.45. The second-order valence-corrected chi connectivity index (χ2v) is 6.38. The summed E-state index contributed by atoms with van der Waals surface area (Å²) < 4.78 is 7.04. The minimum atomic E-state index is -0.115. The number of aromatic nitrogens is 3. The highest BCUT2D eigenvalue weighted by atomic mass is 16.5. The number of fused-ring (bicyclic) bond motifs is 1. The quantitative estimate of drug-likeness (QED) is 0.906. The van der Waals surface area contributed by atoms with E-state index in [1.54, 1.807) is 4.52 Å². The van der Waals surface area contributed by atoms with E-state index in [2.05, 4.69) is 20.3 Å². The van der Waals surface area contributed by atoms with Gasteiger partial charge in [0.25, 0.3) is 5.95 Å². The standard InChI is InChI=1S/C16H22N6O2/c23-16(18-15-17-14-3-1-2-5-22(14)19-15)21-6-4-13(12-21)11-20-7-9-24-10-8-20/h1-3,5,13H,4,6-12H2,(H,18,19,23)/t13-/m1/s1. The molecule has 4 rings (SSSR count). The van der Waals surface area contributed by atoms with E-state index in [4.69, 9.17) is 4.74 Å². The van der Waals surface area contributed by atoms with Crippen LogP contribution in [0.3, 0.4) is 0 Å². The summed E-state index contributed by atoms with van der Waals surface area (Å²) >= 11 is 0. The molecule has 1 N–H and O–H groups in total. The van der Waals surface area contributed by atoms with Crippen molar-refractivity contribution in [2.45, 2.75) is 6.42 Å². The summed E-state index contributed by atoms with van der Waals surface area (Å²) in [5.74, 6) is 0.880. The number of hydrogen-bond donors (Lipinski definition) is 1. The van der Waals surface area contributed by atoms with E-state index in [1.807, 2.05) is 29.3 Å². The number of nitrogens with one attached hydrogen (secondary N) is 1. The number of pyridine rings is 1. The Kier molecular flexibility index (Phi) is 4.31. The topological polar surface area (TPSA) is 75.0 Å². The third-order valence-corrected chi connectivity index (χ3v) is 4.65. The number of carbonyl (C=O) groups is 1. The molecule has 0 saturated carbocycles. The van der Waals surface area contributed by atoms with Gasteiger partial charge in [0.1, 0.15) is 0 Å². The van der Waals surface area contributed by atoms with Gasteiger partial charge in [-0.15, -0.1) is 5.10 Å². The fourth-order valence-corrected chi connectivity index (χ4v) is 3.37. The maximum absolute atomic E-state index is 12.4. The minimum absolute atomic E-state index is 0.115. The van der Waals surface area contributed by atoms with Gasteiger partial charge in [-0.25, -0.2) is 9.31 Å². The average molecular weight is 330 g/mol. The predicted molar refractivity (Wildman–Crippen MR) is 88.9 cm³/mol. The zero-order valence-electron chi connectivity index (χ0n) is 13.6. The molecule has 2 aliphatic heterocycles. The summed E-state index contributed by atoms with van der Waals surface area (Å²) in [6.45, 7) is 6.24. The van der Waals surface area contributed by atoms with Crippen molar-refractivity contribution in [2.24, 2.45) is 5.92 Å². The van der Waals surface area contributed by atoms with Crippen molar-refractivity contribution < 1.29 is 9.53 Å². The predicted octanol–water partition coefficient (Wildman–Crippen LogP) is 0.915. The van der Waals surface area contributed by atoms with E-state index in [1.165, 1.54) is 0 Å². The van der Waals surface area contributed by atoms with Gasteiger partial charge in [-0.2, -0.15) is 4.98 Å². The van der Waals surface area contributed by atoms with Gasteiger partial charge >= 0.3 is 6.03 Å². The van der Waals surface area contributed by atoms with Gasteiger partial charge in [0.2, 0.25) is 0 Å². The molecule has 4 heterocycles. The molecular weight excluding hydrogens is 308 g/mol. The number of urea groups is 1.